The van der Waals surface area contributed by atoms with Gasteiger partial charge in [0.2, 0.25) is 5.78 Å². The molecule has 0 spiro atoms. The molecule has 2 aromatic rings. The number of allylic oxidation sites excluding steroid dienone is 1. The molecule has 1 aromatic heterocycles. The van der Waals surface area contributed by atoms with Gasteiger partial charge in [-0.25, -0.2) is 0 Å². The van der Waals surface area contributed by atoms with E-state index in [9.17, 15) is 4.79 Å². The average molecular weight is 211 g/mol. The molecule has 0 aliphatic rings. The van der Waals surface area contributed by atoms with E-state index in [0.717, 1.165) is 0 Å². The molecule has 0 amide bonds. The van der Waals surface area contributed by atoms with Gasteiger partial charge in [-0.2, -0.15) is 0 Å². The zero-order valence-electron chi connectivity index (χ0n) is 8.97. The van der Waals surface area contributed by atoms with Crippen LogP contribution in [0.4, 0.5) is 0 Å². The van der Waals surface area contributed by atoms with E-state index in [0.29, 0.717) is 17.8 Å². The average Bonchev–Trinajstić information content (AvgIpc) is 2.78. The molecule has 0 radical (unpaired) electrons. The molecule has 16 heavy (non-hydrogen) atoms. The normalized spacial score (nSPS) is 10.0. The Kier molecular flexibility index (Phi) is 3.01. The van der Waals surface area contributed by atoms with Gasteiger partial charge in [0.15, 0.2) is 0 Å². The molecule has 0 bridgehead atoms. The third-order valence-corrected chi connectivity index (χ3v) is 2.42. The maximum absolute atomic E-state index is 12.1. The summed E-state index contributed by atoms with van der Waals surface area (Å²) in [6.45, 7) is 4.33. The molecular weight excluding hydrogens is 198 g/mol. The third-order valence-electron chi connectivity index (χ3n) is 2.42. The minimum Gasteiger partial charge on any atom is -0.341 e. The molecule has 0 N–H and O–H groups in total. The fraction of sp³-hybridized carbons (Fsp3) is 0.0714. The van der Waals surface area contributed by atoms with Crippen molar-refractivity contribution < 1.29 is 4.79 Å². The Balaban J connectivity index is 2.34. The largest absolute Gasteiger partial charge is 0.341 e. The van der Waals surface area contributed by atoms with Crippen LogP contribution in [0.25, 0.3) is 0 Å². The number of carbonyl (C=O) groups is 1. The van der Waals surface area contributed by atoms with Crippen molar-refractivity contribution in [3.63, 3.8) is 0 Å². The van der Waals surface area contributed by atoms with Gasteiger partial charge in [0.25, 0.3) is 0 Å². The number of hydrogen-bond donors (Lipinski definition) is 0. The van der Waals surface area contributed by atoms with E-state index in [4.69, 9.17) is 0 Å². The zero-order chi connectivity index (χ0) is 11.4. The van der Waals surface area contributed by atoms with E-state index in [1.807, 2.05) is 53.2 Å². The van der Waals surface area contributed by atoms with Crippen molar-refractivity contribution in [3.05, 3.63) is 72.6 Å². The molecule has 80 valence electrons. The van der Waals surface area contributed by atoms with Crippen molar-refractivity contribution in [2.75, 3.05) is 0 Å². The van der Waals surface area contributed by atoms with Gasteiger partial charge in [0.1, 0.15) is 0 Å². The van der Waals surface area contributed by atoms with Crippen LogP contribution in [0.3, 0.4) is 0 Å². The lowest BCUT2D eigenvalue weighted by atomic mass is 10.1. The second kappa shape index (κ2) is 4.62. The SMILES string of the molecule is C=CCn1cccc1C(=O)c1ccccc1. The Morgan fingerprint density at radius 1 is 1.19 bits per heavy atom. The summed E-state index contributed by atoms with van der Waals surface area (Å²) in [5, 5.41) is 0. The minimum atomic E-state index is 0.0486. The highest BCUT2D eigenvalue weighted by molar-refractivity contribution is 6.07. The van der Waals surface area contributed by atoms with Gasteiger partial charge in [-0.3, -0.25) is 4.79 Å². The van der Waals surface area contributed by atoms with Gasteiger partial charge in [-0.1, -0.05) is 36.4 Å². The summed E-state index contributed by atoms with van der Waals surface area (Å²) in [5.41, 5.74) is 1.41. The van der Waals surface area contributed by atoms with Crippen LogP contribution in [0.1, 0.15) is 16.1 Å². The summed E-state index contributed by atoms with van der Waals surface area (Å²) in [7, 11) is 0. The molecule has 1 aromatic carbocycles. The first-order valence-corrected chi connectivity index (χ1v) is 5.18. The summed E-state index contributed by atoms with van der Waals surface area (Å²) in [6, 6.07) is 13.0. The van der Waals surface area contributed by atoms with Crippen LogP contribution in [-0.2, 0) is 6.54 Å². The van der Waals surface area contributed by atoms with Crippen LogP contribution < -0.4 is 0 Å². The van der Waals surface area contributed by atoms with Crippen LogP contribution in [0.15, 0.2) is 61.3 Å². The molecule has 0 saturated carbocycles. The van der Waals surface area contributed by atoms with Gasteiger partial charge in [0.05, 0.1) is 5.69 Å². The first-order valence-electron chi connectivity index (χ1n) is 5.18. The Morgan fingerprint density at radius 2 is 1.94 bits per heavy atom. The summed E-state index contributed by atoms with van der Waals surface area (Å²) < 4.78 is 1.89. The summed E-state index contributed by atoms with van der Waals surface area (Å²) in [6.07, 6.45) is 3.67. The molecule has 2 rings (SSSR count). The number of hydrogen-bond acceptors (Lipinski definition) is 1. The van der Waals surface area contributed by atoms with Gasteiger partial charge in [-0.05, 0) is 12.1 Å². The third kappa shape index (κ3) is 1.96. The summed E-state index contributed by atoms with van der Waals surface area (Å²) in [4.78, 5) is 12.1. The molecule has 0 saturated heterocycles. The van der Waals surface area contributed by atoms with Crippen molar-refractivity contribution in [1.82, 2.24) is 4.57 Å². The van der Waals surface area contributed by atoms with Crippen LogP contribution >= 0.6 is 0 Å². The Morgan fingerprint density at radius 3 is 2.62 bits per heavy atom. The van der Waals surface area contributed by atoms with E-state index in [2.05, 4.69) is 6.58 Å². The number of nitrogens with zero attached hydrogens (tertiary/aromatic N) is 1. The predicted molar refractivity (Wildman–Crippen MR) is 64.5 cm³/mol. The van der Waals surface area contributed by atoms with Crippen LogP contribution in [0.5, 0.6) is 0 Å². The van der Waals surface area contributed by atoms with Crippen molar-refractivity contribution >= 4 is 5.78 Å². The minimum absolute atomic E-state index is 0.0486. The summed E-state index contributed by atoms with van der Waals surface area (Å²) in [5.74, 6) is 0.0486. The number of ketones is 1. The first-order chi connectivity index (χ1) is 7.83. The van der Waals surface area contributed by atoms with Crippen LogP contribution in [-0.4, -0.2) is 10.4 Å². The first kappa shape index (κ1) is 10.4. The second-order valence-electron chi connectivity index (χ2n) is 3.53. The molecule has 0 aliphatic heterocycles. The number of benzene rings is 1. The summed E-state index contributed by atoms with van der Waals surface area (Å²) >= 11 is 0. The highest BCUT2D eigenvalue weighted by Gasteiger charge is 2.11. The van der Waals surface area contributed by atoms with Crippen LogP contribution in [0, 0.1) is 0 Å². The monoisotopic (exact) mass is 211 g/mol. The molecule has 2 heteroatoms. The van der Waals surface area contributed by atoms with Gasteiger partial charge in [-0.15, -0.1) is 6.58 Å². The van der Waals surface area contributed by atoms with Crippen molar-refractivity contribution in [2.24, 2.45) is 0 Å². The fourth-order valence-electron chi connectivity index (χ4n) is 1.66. The Labute approximate surface area is 94.8 Å². The lowest BCUT2D eigenvalue weighted by Crippen LogP contribution is -2.08. The van der Waals surface area contributed by atoms with Crippen molar-refractivity contribution in [2.45, 2.75) is 6.54 Å². The topological polar surface area (TPSA) is 22.0 Å². The molecule has 1 heterocycles. The molecule has 2 nitrogen and oxygen atoms in total. The number of rotatable bonds is 4. The number of aromatic nitrogens is 1. The van der Waals surface area contributed by atoms with E-state index in [1.54, 1.807) is 6.08 Å². The Hall–Kier alpha value is -2.09. The smallest absolute Gasteiger partial charge is 0.209 e. The maximum Gasteiger partial charge on any atom is 0.209 e. The standard InChI is InChI=1S/C14H13NO/c1-2-10-15-11-6-9-13(15)14(16)12-7-4-3-5-8-12/h2-9,11H,1,10H2. The Bertz CT molecular complexity index is 496. The maximum atomic E-state index is 12.1. The lowest BCUT2D eigenvalue weighted by Gasteiger charge is -2.05. The number of carbonyl (C=O) groups excluding carboxylic acids is 1. The van der Waals surface area contributed by atoms with E-state index >= 15 is 0 Å². The zero-order valence-corrected chi connectivity index (χ0v) is 8.97. The van der Waals surface area contributed by atoms with E-state index in [1.165, 1.54) is 0 Å². The van der Waals surface area contributed by atoms with Crippen molar-refractivity contribution in [3.8, 4) is 0 Å². The fourth-order valence-corrected chi connectivity index (χ4v) is 1.66. The molecule has 0 unspecified atom stereocenters. The van der Waals surface area contributed by atoms with Gasteiger partial charge < -0.3 is 4.57 Å². The van der Waals surface area contributed by atoms with Crippen molar-refractivity contribution in [1.29, 1.82) is 0 Å². The predicted octanol–water partition coefficient (Wildman–Crippen LogP) is 2.91. The molecular formula is C14H13NO. The van der Waals surface area contributed by atoms with E-state index in [-0.39, 0.29) is 5.78 Å². The quantitative estimate of drug-likeness (QED) is 0.563. The lowest BCUT2D eigenvalue weighted by molar-refractivity contribution is 0.103. The highest BCUT2D eigenvalue weighted by atomic mass is 16.1. The molecule has 0 atom stereocenters. The van der Waals surface area contributed by atoms with Crippen LogP contribution in [0.2, 0.25) is 0 Å². The van der Waals surface area contributed by atoms with Gasteiger partial charge in [0, 0.05) is 18.3 Å². The van der Waals surface area contributed by atoms with Gasteiger partial charge >= 0.3 is 0 Å². The van der Waals surface area contributed by atoms with E-state index < -0.39 is 0 Å². The second-order valence-corrected chi connectivity index (χ2v) is 3.53. The highest BCUT2D eigenvalue weighted by Crippen LogP contribution is 2.10. The molecule has 0 fully saturated rings. The molecule has 0 aliphatic carbocycles.